The first kappa shape index (κ1) is 11.0. The largest absolute Gasteiger partial charge is 0.411 e. The van der Waals surface area contributed by atoms with E-state index in [1.165, 1.54) is 6.20 Å². The molecule has 1 rings (SSSR count). The van der Waals surface area contributed by atoms with Gasteiger partial charge in [0.15, 0.2) is 0 Å². The number of ether oxygens (including phenoxy) is 1. The highest BCUT2D eigenvalue weighted by molar-refractivity contribution is 4.90. The molecule has 0 aromatic carbocycles. The molecule has 0 saturated carbocycles. The van der Waals surface area contributed by atoms with Crippen LogP contribution in [0.25, 0.3) is 0 Å². The van der Waals surface area contributed by atoms with Gasteiger partial charge in [-0.05, 0) is 0 Å². The number of hydrogen-bond acceptors (Lipinski definition) is 2. The molecule has 0 bridgehead atoms. The fourth-order valence-corrected chi connectivity index (χ4v) is 1.03. The maximum atomic E-state index is 11.7. The second-order valence-corrected chi connectivity index (χ2v) is 2.76. The van der Waals surface area contributed by atoms with Crippen molar-refractivity contribution in [3.63, 3.8) is 0 Å². The van der Waals surface area contributed by atoms with Gasteiger partial charge in [-0.15, -0.1) is 0 Å². The molecule has 0 aliphatic carbocycles. The maximum Gasteiger partial charge on any atom is 0.411 e. The molecule has 0 atom stereocenters. The highest BCUT2D eigenvalue weighted by atomic mass is 19.4. The highest BCUT2D eigenvalue weighted by Gasteiger charge is 2.27. The molecular formula is C8H11F3N2O. The van der Waals surface area contributed by atoms with E-state index in [9.17, 15) is 13.2 Å². The highest BCUT2D eigenvalue weighted by Crippen LogP contribution is 2.14. The summed E-state index contributed by atoms with van der Waals surface area (Å²) in [5, 5.41) is 0. The summed E-state index contributed by atoms with van der Waals surface area (Å²) in [5.74, 6) is 0.715. The number of alkyl halides is 3. The van der Waals surface area contributed by atoms with E-state index in [4.69, 9.17) is 0 Å². The Bertz CT molecular complexity index is 282. The van der Waals surface area contributed by atoms with Gasteiger partial charge in [-0.1, -0.05) is 6.92 Å². The standard InChI is InChI=1S/C8H11F3N2O/c1-2-7-12-3-4-13(7)6-14-5-8(9,10)11/h3-4H,2,5-6H2,1H3. The normalized spacial score (nSPS) is 12.0. The SMILES string of the molecule is CCc1nccn1COCC(F)(F)F. The quantitative estimate of drug-likeness (QED) is 0.756. The van der Waals surface area contributed by atoms with Crippen LogP contribution >= 0.6 is 0 Å². The first-order valence-corrected chi connectivity index (χ1v) is 4.17. The molecule has 14 heavy (non-hydrogen) atoms. The van der Waals surface area contributed by atoms with Gasteiger partial charge in [0.2, 0.25) is 0 Å². The Morgan fingerprint density at radius 1 is 1.50 bits per heavy atom. The van der Waals surface area contributed by atoms with E-state index in [1.54, 1.807) is 10.8 Å². The van der Waals surface area contributed by atoms with Crippen LogP contribution in [0, 0.1) is 0 Å². The van der Waals surface area contributed by atoms with Gasteiger partial charge in [-0.2, -0.15) is 13.2 Å². The van der Waals surface area contributed by atoms with Crippen molar-refractivity contribution in [2.45, 2.75) is 26.3 Å². The number of nitrogens with zero attached hydrogens (tertiary/aromatic N) is 2. The van der Waals surface area contributed by atoms with E-state index in [0.29, 0.717) is 12.2 Å². The first-order chi connectivity index (χ1) is 6.53. The number of rotatable bonds is 4. The van der Waals surface area contributed by atoms with Gasteiger partial charge in [-0.25, -0.2) is 4.98 Å². The molecule has 0 amide bonds. The average Bonchev–Trinajstić information content (AvgIpc) is 2.49. The number of aryl methyl sites for hydroxylation is 1. The van der Waals surface area contributed by atoms with Gasteiger partial charge in [0.05, 0.1) is 0 Å². The third-order valence-electron chi connectivity index (χ3n) is 1.61. The summed E-state index contributed by atoms with van der Waals surface area (Å²) in [4.78, 5) is 3.95. The van der Waals surface area contributed by atoms with E-state index in [-0.39, 0.29) is 6.73 Å². The molecule has 0 N–H and O–H groups in total. The molecule has 1 aromatic rings. The van der Waals surface area contributed by atoms with Crippen molar-refractivity contribution in [2.75, 3.05) is 6.61 Å². The monoisotopic (exact) mass is 208 g/mol. The van der Waals surface area contributed by atoms with Crippen LogP contribution in [0.1, 0.15) is 12.7 Å². The van der Waals surface area contributed by atoms with Crippen molar-refractivity contribution in [1.82, 2.24) is 9.55 Å². The van der Waals surface area contributed by atoms with Gasteiger partial charge in [-0.3, -0.25) is 0 Å². The molecule has 0 spiro atoms. The Labute approximate surface area is 79.5 Å². The van der Waals surface area contributed by atoms with Gasteiger partial charge < -0.3 is 9.30 Å². The fraction of sp³-hybridized carbons (Fsp3) is 0.625. The summed E-state index contributed by atoms with van der Waals surface area (Å²) < 4.78 is 41.2. The summed E-state index contributed by atoms with van der Waals surface area (Å²) in [5.41, 5.74) is 0. The Morgan fingerprint density at radius 3 is 2.79 bits per heavy atom. The number of halogens is 3. The van der Waals surface area contributed by atoms with Crippen molar-refractivity contribution in [2.24, 2.45) is 0 Å². The number of imidazole rings is 1. The third-order valence-corrected chi connectivity index (χ3v) is 1.61. The van der Waals surface area contributed by atoms with Crippen LogP contribution in [0.3, 0.4) is 0 Å². The Balaban J connectivity index is 2.38. The fourth-order valence-electron chi connectivity index (χ4n) is 1.03. The summed E-state index contributed by atoms with van der Waals surface area (Å²) in [6.07, 6.45) is -0.472. The van der Waals surface area contributed by atoms with Crippen LogP contribution in [0.2, 0.25) is 0 Å². The van der Waals surface area contributed by atoms with E-state index in [2.05, 4.69) is 9.72 Å². The molecule has 0 fully saturated rings. The molecule has 0 aliphatic heterocycles. The summed E-state index contributed by atoms with van der Waals surface area (Å²) in [6.45, 7) is 0.541. The average molecular weight is 208 g/mol. The van der Waals surface area contributed by atoms with Crippen LogP contribution in [0.15, 0.2) is 12.4 Å². The molecule has 0 aliphatic rings. The van der Waals surface area contributed by atoms with Crippen molar-refractivity contribution in [3.8, 4) is 0 Å². The van der Waals surface area contributed by atoms with E-state index in [0.717, 1.165) is 0 Å². The minimum absolute atomic E-state index is 0.108. The van der Waals surface area contributed by atoms with Crippen molar-refractivity contribution in [1.29, 1.82) is 0 Å². The molecule has 0 saturated heterocycles. The second kappa shape index (κ2) is 4.45. The molecular weight excluding hydrogens is 197 g/mol. The summed E-state index contributed by atoms with van der Waals surface area (Å²) in [7, 11) is 0. The summed E-state index contributed by atoms with van der Waals surface area (Å²) >= 11 is 0. The second-order valence-electron chi connectivity index (χ2n) is 2.76. The zero-order valence-corrected chi connectivity index (χ0v) is 7.71. The molecule has 1 heterocycles. The van der Waals surface area contributed by atoms with Crippen LogP contribution in [-0.2, 0) is 17.9 Å². The first-order valence-electron chi connectivity index (χ1n) is 4.17. The molecule has 80 valence electrons. The van der Waals surface area contributed by atoms with Crippen molar-refractivity contribution >= 4 is 0 Å². The number of hydrogen-bond donors (Lipinski definition) is 0. The minimum Gasteiger partial charge on any atom is -0.351 e. The molecule has 3 nitrogen and oxygen atoms in total. The van der Waals surface area contributed by atoms with Crippen molar-refractivity contribution in [3.05, 3.63) is 18.2 Å². The smallest absolute Gasteiger partial charge is 0.351 e. The molecule has 1 aromatic heterocycles. The van der Waals surface area contributed by atoms with Gasteiger partial charge in [0, 0.05) is 18.8 Å². The topological polar surface area (TPSA) is 27.1 Å². The Morgan fingerprint density at radius 2 is 2.21 bits per heavy atom. The lowest BCUT2D eigenvalue weighted by Crippen LogP contribution is -2.18. The van der Waals surface area contributed by atoms with Gasteiger partial charge in [0.1, 0.15) is 19.2 Å². The predicted octanol–water partition coefficient (Wildman–Crippen LogP) is 1.98. The van der Waals surface area contributed by atoms with Gasteiger partial charge >= 0.3 is 6.18 Å². The van der Waals surface area contributed by atoms with E-state index < -0.39 is 12.8 Å². The molecule has 0 radical (unpaired) electrons. The molecule has 6 heteroatoms. The predicted molar refractivity (Wildman–Crippen MR) is 43.6 cm³/mol. The lowest BCUT2D eigenvalue weighted by Gasteiger charge is -2.09. The minimum atomic E-state index is -4.27. The van der Waals surface area contributed by atoms with Crippen molar-refractivity contribution < 1.29 is 17.9 Å². The van der Waals surface area contributed by atoms with E-state index in [1.807, 2.05) is 6.92 Å². The lowest BCUT2D eigenvalue weighted by atomic mass is 10.5. The Hall–Kier alpha value is -1.04. The number of aromatic nitrogens is 2. The van der Waals surface area contributed by atoms with Crippen LogP contribution in [0.5, 0.6) is 0 Å². The maximum absolute atomic E-state index is 11.7. The summed E-state index contributed by atoms with van der Waals surface area (Å²) in [6, 6.07) is 0. The third kappa shape index (κ3) is 3.37. The van der Waals surface area contributed by atoms with Gasteiger partial charge in [0.25, 0.3) is 0 Å². The Kier molecular flexibility index (Phi) is 3.51. The molecule has 0 unspecified atom stereocenters. The van der Waals surface area contributed by atoms with Crippen LogP contribution in [0.4, 0.5) is 13.2 Å². The van der Waals surface area contributed by atoms with Crippen LogP contribution < -0.4 is 0 Å². The lowest BCUT2D eigenvalue weighted by molar-refractivity contribution is -0.182. The zero-order chi connectivity index (χ0) is 10.6. The van der Waals surface area contributed by atoms with E-state index >= 15 is 0 Å². The van der Waals surface area contributed by atoms with Crippen LogP contribution in [-0.4, -0.2) is 22.3 Å². The zero-order valence-electron chi connectivity index (χ0n) is 7.71.